The Morgan fingerprint density at radius 1 is 0.833 bits per heavy atom. The summed E-state index contributed by atoms with van der Waals surface area (Å²) >= 11 is 0. The SMILES string of the molecule is CCc1ccccc1N(CC)S(=O)(=O)c1ccc2ccccc2c1. The van der Waals surface area contributed by atoms with Gasteiger partial charge < -0.3 is 0 Å². The Bertz CT molecular complexity index is 964. The Morgan fingerprint density at radius 3 is 2.21 bits per heavy atom. The molecule has 0 fully saturated rings. The predicted molar refractivity (Wildman–Crippen MR) is 100.0 cm³/mol. The van der Waals surface area contributed by atoms with Crippen LogP contribution in [0.2, 0.25) is 0 Å². The molecule has 0 atom stereocenters. The van der Waals surface area contributed by atoms with Crippen LogP contribution in [0.4, 0.5) is 5.69 Å². The topological polar surface area (TPSA) is 37.4 Å². The highest BCUT2D eigenvalue weighted by Crippen LogP contribution is 2.28. The van der Waals surface area contributed by atoms with E-state index in [2.05, 4.69) is 0 Å². The molecule has 4 heteroatoms. The molecule has 24 heavy (non-hydrogen) atoms. The second-order valence-electron chi connectivity index (χ2n) is 5.66. The number of sulfonamides is 1. The lowest BCUT2D eigenvalue weighted by Gasteiger charge is -2.25. The van der Waals surface area contributed by atoms with Gasteiger partial charge >= 0.3 is 0 Å². The lowest BCUT2D eigenvalue weighted by molar-refractivity contribution is 0.592. The van der Waals surface area contributed by atoms with Crippen LogP contribution in [0.3, 0.4) is 0 Å². The van der Waals surface area contributed by atoms with E-state index in [1.54, 1.807) is 12.1 Å². The molecule has 0 spiro atoms. The molecular weight excluding hydrogens is 318 g/mol. The molecule has 3 aromatic carbocycles. The van der Waals surface area contributed by atoms with Crippen LogP contribution in [0.15, 0.2) is 71.6 Å². The number of benzene rings is 3. The molecule has 0 unspecified atom stereocenters. The third-order valence-electron chi connectivity index (χ3n) is 4.24. The van der Waals surface area contributed by atoms with Crippen LogP contribution in [0.25, 0.3) is 10.8 Å². The van der Waals surface area contributed by atoms with Gasteiger partial charge in [-0.3, -0.25) is 4.31 Å². The van der Waals surface area contributed by atoms with Gasteiger partial charge in [0.1, 0.15) is 0 Å². The summed E-state index contributed by atoms with van der Waals surface area (Å²) in [6.07, 6.45) is 0.792. The van der Waals surface area contributed by atoms with Gasteiger partial charge in [-0.1, -0.05) is 55.5 Å². The third-order valence-corrected chi connectivity index (χ3v) is 6.12. The number of fused-ring (bicyclic) bond motifs is 1. The minimum atomic E-state index is -3.59. The number of aryl methyl sites for hydroxylation is 1. The largest absolute Gasteiger partial charge is 0.266 e. The number of hydrogen-bond donors (Lipinski definition) is 0. The highest BCUT2D eigenvalue weighted by atomic mass is 32.2. The smallest absolute Gasteiger partial charge is 0.264 e. The molecule has 0 aliphatic carbocycles. The molecule has 0 aliphatic rings. The summed E-state index contributed by atoms with van der Waals surface area (Å²) in [4.78, 5) is 0.328. The van der Waals surface area contributed by atoms with Crippen molar-refractivity contribution in [2.45, 2.75) is 25.2 Å². The second-order valence-corrected chi connectivity index (χ2v) is 7.52. The fraction of sp³-hybridized carbons (Fsp3) is 0.200. The minimum absolute atomic E-state index is 0.328. The van der Waals surface area contributed by atoms with E-state index in [0.29, 0.717) is 11.4 Å². The fourth-order valence-corrected chi connectivity index (χ4v) is 4.53. The molecule has 3 rings (SSSR count). The Hall–Kier alpha value is -2.33. The second kappa shape index (κ2) is 6.65. The van der Waals surface area contributed by atoms with E-state index in [1.807, 2.05) is 68.4 Å². The Kier molecular flexibility index (Phi) is 4.58. The zero-order valence-electron chi connectivity index (χ0n) is 13.9. The first-order valence-corrected chi connectivity index (χ1v) is 9.61. The van der Waals surface area contributed by atoms with Crippen LogP contribution < -0.4 is 4.31 Å². The van der Waals surface area contributed by atoms with Crippen LogP contribution in [-0.4, -0.2) is 15.0 Å². The number of nitrogens with zero attached hydrogens (tertiary/aromatic N) is 1. The third kappa shape index (κ3) is 2.89. The van der Waals surface area contributed by atoms with Crippen molar-refractivity contribution in [2.24, 2.45) is 0 Å². The molecule has 0 saturated heterocycles. The van der Waals surface area contributed by atoms with Gasteiger partial charge in [-0.2, -0.15) is 0 Å². The molecular formula is C20H21NO2S. The van der Waals surface area contributed by atoms with Crippen molar-refractivity contribution >= 4 is 26.5 Å². The highest BCUT2D eigenvalue weighted by Gasteiger charge is 2.25. The van der Waals surface area contributed by atoms with Gasteiger partial charge in [0.15, 0.2) is 0 Å². The first-order chi connectivity index (χ1) is 11.6. The molecule has 124 valence electrons. The molecule has 0 aromatic heterocycles. The van der Waals surface area contributed by atoms with Crippen LogP contribution in [-0.2, 0) is 16.4 Å². The van der Waals surface area contributed by atoms with Gasteiger partial charge in [-0.15, -0.1) is 0 Å². The van der Waals surface area contributed by atoms with E-state index >= 15 is 0 Å². The highest BCUT2D eigenvalue weighted by molar-refractivity contribution is 7.92. The molecule has 0 bridgehead atoms. The number of anilines is 1. The summed E-state index contributed by atoms with van der Waals surface area (Å²) in [6.45, 7) is 4.30. The lowest BCUT2D eigenvalue weighted by atomic mass is 10.1. The van der Waals surface area contributed by atoms with Crippen LogP contribution in [0.5, 0.6) is 0 Å². The van der Waals surface area contributed by atoms with Gasteiger partial charge in [-0.05, 0) is 47.9 Å². The normalized spacial score (nSPS) is 11.6. The van der Waals surface area contributed by atoms with E-state index in [9.17, 15) is 8.42 Å². The summed E-state index contributed by atoms with van der Waals surface area (Å²) in [5.41, 5.74) is 1.79. The zero-order valence-corrected chi connectivity index (χ0v) is 14.8. The predicted octanol–water partition coefficient (Wildman–Crippen LogP) is 4.62. The lowest BCUT2D eigenvalue weighted by Crippen LogP contribution is -2.31. The summed E-state index contributed by atoms with van der Waals surface area (Å²) in [5.74, 6) is 0. The van der Waals surface area contributed by atoms with Crippen molar-refractivity contribution in [1.82, 2.24) is 0 Å². The molecule has 0 N–H and O–H groups in total. The van der Waals surface area contributed by atoms with Crippen molar-refractivity contribution < 1.29 is 8.42 Å². The van der Waals surface area contributed by atoms with Crippen LogP contribution >= 0.6 is 0 Å². The molecule has 3 aromatic rings. The van der Waals surface area contributed by atoms with Gasteiger partial charge in [0, 0.05) is 6.54 Å². The average molecular weight is 339 g/mol. The molecule has 0 amide bonds. The molecule has 3 nitrogen and oxygen atoms in total. The number of para-hydroxylation sites is 1. The maximum absolute atomic E-state index is 13.2. The molecule has 0 aliphatic heterocycles. The van der Waals surface area contributed by atoms with E-state index in [0.717, 1.165) is 28.4 Å². The van der Waals surface area contributed by atoms with Crippen molar-refractivity contribution in [3.05, 3.63) is 72.3 Å². The van der Waals surface area contributed by atoms with E-state index < -0.39 is 10.0 Å². The quantitative estimate of drug-likeness (QED) is 0.680. The van der Waals surface area contributed by atoms with Crippen molar-refractivity contribution in [2.75, 3.05) is 10.8 Å². The Morgan fingerprint density at radius 2 is 1.50 bits per heavy atom. The average Bonchev–Trinajstić information content (AvgIpc) is 2.62. The van der Waals surface area contributed by atoms with E-state index in [-0.39, 0.29) is 0 Å². The standard InChI is InChI=1S/C20H21NO2S/c1-3-16-9-7-8-12-20(16)21(4-2)24(22,23)19-14-13-17-10-5-6-11-18(17)15-19/h5-15H,3-4H2,1-2H3. The number of rotatable bonds is 5. The van der Waals surface area contributed by atoms with E-state index in [1.165, 1.54) is 4.31 Å². The molecule has 0 saturated carbocycles. The van der Waals surface area contributed by atoms with Gasteiger partial charge in [0.25, 0.3) is 10.0 Å². The summed E-state index contributed by atoms with van der Waals surface area (Å²) in [7, 11) is -3.59. The molecule has 0 radical (unpaired) electrons. The maximum Gasteiger partial charge on any atom is 0.264 e. The van der Waals surface area contributed by atoms with Crippen LogP contribution in [0.1, 0.15) is 19.4 Å². The van der Waals surface area contributed by atoms with Gasteiger partial charge in [-0.25, -0.2) is 8.42 Å². The van der Waals surface area contributed by atoms with Crippen LogP contribution in [0, 0.1) is 0 Å². The monoisotopic (exact) mass is 339 g/mol. The van der Waals surface area contributed by atoms with Gasteiger partial charge in [0.05, 0.1) is 10.6 Å². The van der Waals surface area contributed by atoms with Crippen molar-refractivity contribution in [1.29, 1.82) is 0 Å². The van der Waals surface area contributed by atoms with Crippen molar-refractivity contribution in [3.63, 3.8) is 0 Å². The maximum atomic E-state index is 13.2. The first kappa shape index (κ1) is 16.5. The Labute approximate surface area is 143 Å². The fourth-order valence-electron chi connectivity index (χ4n) is 2.98. The van der Waals surface area contributed by atoms with Crippen molar-refractivity contribution in [3.8, 4) is 0 Å². The van der Waals surface area contributed by atoms with E-state index in [4.69, 9.17) is 0 Å². The summed E-state index contributed by atoms with van der Waals surface area (Å²) < 4.78 is 27.9. The Balaban J connectivity index is 2.12. The summed E-state index contributed by atoms with van der Waals surface area (Å²) in [5, 5.41) is 1.96. The first-order valence-electron chi connectivity index (χ1n) is 8.17. The minimum Gasteiger partial charge on any atom is -0.266 e. The van der Waals surface area contributed by atoms with Gasteiger partial charge in [0.2, 0.25) is 0 Å². The zero-order chi connectivity index (χ0) is 17.2. The molecule has 0 heterocycles. The number of hydrogen-bond acceptors (Lipinski definition) is 2. The summed E-state index contributed by atoms with van der Waals surface area (Å²) in [6, 6.07) is 20.8.